The number of aromatic nitrogens is 1. The molecule has 0 aliphatic rings. The topological polar surface area (TPSA) is 12.9 Å². The quantitative estimate of drug-likeness (QED) is 0.567. The van der Waals surface area contributed by atoms with Gasteiger partial charge in [0.15, 0.2) is 0 Å². The summed E-state index contributed by atoms with van der Waals surface area (Å²) in [5.74, 6) is 0. The first-order chi connectivity index (χ1) is 10.7. The van der Waals surface area contributed by atoms with E-state index in [1.54, 1.807) is 23.1 Å². The molecule has 0 spiro atoms. The lowest BCUT2D eigenvalue weighted by Gasteiger charge is -2.05. The first kappa shape index (κ1) is 15.3. The van der Waals surface area contributed by atoms with Crippen molar-refractivity contribution in [3.63, 3.8) is 0 Å². The minimum atomic E-state index is 0.918. The zero-order chi connectivity index (χ0) is 15.5. The zero-order valence-corrected chi connectivity index (χ0v) is 14.7. The highest BCUT2D eigenvalue weighted by molar-refractivity contribution is 7.98. The highest BCUT2D eigenvalue weighted by Gasteiger charge is 2.07. The second kappa shape index (κ2) is 6.67. The Morgan fingerprint density at radius 3 is 2.55 bits per heavy atom. The van der Waals surface area contributed by atoms with Crippen molar-refractivity contribution < 1.29 is 0 Å². The van der Waals surface area contributed by atoms with Gasteiger partial charge >= 0.3 is 0 Å². The number of hydrogen-bond acceptors (Lipinski definition) is 3. The lowest BCUT2D eigenvalue weighted by Crippen LogP contribution is -1.92. The zero-order valence-electron chi connectivity index (χ0n) is 13.1. The number of rotatable bonds is 4. The molecule has 3 rings (SSSR count). The number of nitrogens with zero attached hydrogens (tertiary/aromatic N) is 1. The third-order valence-corrected chi connectivity index (χ3v) is 5.38. The molecule has 0 amide bonds. The lowest BCUT2D eigenvalue weighted by atomic mass is 10.0. The average Bonchev–Trinajstić information content (AvgIpc) is 2.99. The number of hydrogen-bond donors (Lipinski definition) is 0. The van der Waals surface area contributed by atoms with Crippen molar-refractivity contribution >= 4 is 23.1 Å². The Kier molecular flexibility index (Phi) is 4.65. The van der Waals surface area contributed by atoms with Gasteiger partial charge in [-0.2, -0.15) is 0 Å². The predicted octanol–water partition coefficient (Wildman–Crippen LogP) is 5.74. The van der Waals surface area contributed by atoms with Crippen LogP contribution in [0.2, 0.25) is 0 Å². The minimum Gasteiger partial charge on any atom is -0.241 e. The summed E-state index contributed by atoms with van der Waals surface area (Å²) < 4.78 is 0. The summed E-state index contributed by atoms with van der Waals surface area (Å²) in [5, 5.41) is 3.34. The fourth-order valence-corrected chi connectivity index (χ4v) is 3.67. The molecule has 0 N–H and O–H groups in total. The summed E-state index contributed by atoms with van der Waals surface area (Å²) in [4.78, 5) is 6.10. The van der Waals surface area contributed by atoms with E-state index in [-0.39, 0.29) is 0 Å². The van der Waals surface area contributed by atoms with Crippen LogP contribution in [0.3, 0.4) is 0 Å². The third-order valence-electron chi connectivity index (χ3n) is 3.78. The molecule has 1 aromatic heterocycles. The van der Waals surface area contributed by atoms with Gasteiger partial charge in [0, 0.05) is 22.3 Å². The number of benzene rings is 2. The van der Waals surface area contributed by atoms with E-state index in [1.165, 1.54) is 32.2 Å². The Bertz CT molecular complexity index is 772. The largest absolute Gasteiger partial charge is 0.241 e. The van der Waals surface area contributed by atoms with Gasteiger partial charge in [-0.1, -0.05) is 35.9 Å². The summed E-state index contributed by atoms with van der Waals surface area (Å²) in [5.41, 5.74) is 6.30. The van der Waals surface area contributed by atoms with Gasteiger partial charge in [-0.25, -0.2) is 4.98 Å². The SMILES string of the molecule is CSc1ccc(-c2csc(Cc3cc(C)ccc3C)n2)cc1. The van der Waals surface area contributed by atoms with Gasteiger partial charge in [-0.05, 0) is 43.4 Å². The Labute approximate surface area is 140 Å². The van der Waals surface area contributed by atoms with Gasteiger partial charge in [0.2, 0.25) is 0 Å². The molecule has 1 nitrogen and oxygen atoms in total. The van der Waals surface area contributed by atoms with E-state index in [9.17, 15) is 0 Å². The molecule has 0 unspecified atom stereocenters. The number of thiazole rings is 1. The van der Waals surface area contributed by atoms with Crippen molar-refractivity contribution in [1.29, 1.82) is 0 Å². The van der Waals surface area contributed by atoms with Gasteiger partial charge in [-0.3, -0.25) is 0 Å². The molecule has 2 aromatic carbocycles. The van der Waals surface area contributed by atoms with Gasteiger partial charge in [0.25, 0.3) is 0 Å². The van der Waals surface area contributed by atoms with Gasteiger partial charge in [0.1, 0.15) is 0 Å². The summed E-state index contributed by atoms with van der Waals surface area (Å²) in [6, 6.07) is 15.3. The molecular formula is C19H19NS2. The van der Waals surface area contributed by atoms with Gasteiger partial charge < -0.3 is 0 Å². The first-order valence-corrected chi connectivity index (χ1v) is 9.41. The van der Waals surface area contributed by atoms with E-state index < -0.39 is 0 Å². The molecule has 0 aliphatic heterocycles. The molecule has 0 aliphatic carbocycles. The summed E-state index contributed by atoms with van der Waals surface area (Å²) in [6.45, 7) is 4.31. The van der Waals surface area contributed by atoms with Crippen LogP contribution in [0.25, 0.3) is 11.3 Å². The molecule has 22 heavy (non-hydrogen) atoms. The molecule has 0 bridgehead atoms. The van der Waals surface area contributed by atoms with Gasteiger partial charge in [0.05, 0.1) is 10.7 Å². The molecule has 112 valence electrons. The Balaban J connectivity index is 1.82. The lowest BCUT2D eigenvalue weighted by molar-refractivity contribution is 1.11. The maximum atomic E-state index is 4.81. The fourth-order valence-electron chi connectivity index (χ4n) is 2.44. The van der Waals surface area contributed by atoms with Crippen LogP contribution in [0.1, 0.15) is 21.7 Å². The second-order valence-electron chi connectivity index (χ2n) is 5.46. The summed E-state index contributed by atoms with van der Waals surface area (Å²) >= 11 is 3.51. The molecule has 0 saturated carbocycles. The van der Waals surface area contributed by atoms with Crippen LogP contribution in [-0.2, 0) is 6.42 Å². The van der Waals surface area contributed by atoms with E-state index in [0.717, 1.165) is 12.1 Å². The molecule has 0 atom stereocenters. The predicted molar refractivity (Wildman–Crippen MR) is 98.1 cm³/mol. The van der Waals surface area contributed by atoms with Crippen molar-refractivity contribution in [2.45, 2.75) is 25.2 Å². The molecule has 0 fully saturated rings. The highest BCUT2D eigenvalue weighted by Crippen LogP contribution is 2.26. The van der Waals surface area contributed by atoms with Crippen LogP contribution in [0, 0.1) is 13.8 Å². The second-order valence-corrected chi connectivity index (χ2v) is 7.28. The molecule has 0 radical (unpaired) electrons. The van der Waals surface area contributed by atoms with E-state index in [1.807, 2.05) is 0 Å². The Morgan fingerprint density at radius 1 is 1.05 bits per heavy atom. The van der Waals surface area contributed by atoms with Crippen LogP contribution in [0.5, 0.6) is 0 Å². The van der Waals surface area contributed by atoms with Crippen LogP contribution in [0.4, 0.5) is 0 Å². The molecule has 3 heteroatoms. The normalized spacial score (nSPS) is 10.9. The molecule has 0 saturated heterocycles. The van der Waals surface area contributed by atoms with Gasteiger partial charge in [-0.15, -0.1) is 23.1 Å². The summed E-state index contributed by atoms with van der Waals surface area (Å²) in [6.07, 6.45) is 3.02. The monoisotopic (exact) mass is 325 g/mol. The molecule has 1 heterocycles. The van der Waals surface area contributed by atoms with Crippen molar-refractivity contribution in [3.8, 4) is 11.3 Å². The third kappa shape index (κ3) is 3.42. The number of thioether (sulfide) groups is 1. The molecular weight excluding hydrogens is 306 g/mol. The van der Waals surface area contributed by atoms with E-state index in [2.05, 4.69) is 67.9 Å². The van der Waals surface area contributed by atoms with Crippen LogP contribution < -0.4 is 0 Å². The smallest absolute Gasteiger partial charge is 0.0976 e. The molecule has 3 aromatic rings. The Morgan fingerprint density at radius 2 is 1.82 bits per heavy atom. The minimum absolute atomic E-state index is 0.918. The summed E-state index contributed by atoms with van der Waals surface area (Å²) in [7, 11) is 0. The van der Waals surface area contributed by atoms with Crippen LogP contribution in [0.15, 0.2) is 52.7 Å². The Hall–Kier alpha value is -1.58. The van der Waals surface area contributed by atoms with Crippen LogP contribution in [-0.4, -0.2) is 11.2 Å². The van der Waals surface area contributed by atoms with E-state index >= 15 is 0 Å². The van der Waals surface area contributed by atoms with E-state index in [0.29, 0.717) is 0 Å². The van der Waals surface area contributed by atoms with Crippen molar-refractivity contribution in [1.82, 2.24) is 4.98 Å². The van der Waals surface area contributed by atoms with Crippen molar-refractivity contribution in [2.24, 2.45) is 0 Å². The maximum Gasteiger partial charge on any atom is 0.0976 e. The standard InChI is InChI=1S/C19H19NS2/c1-13-4-5-14(2)16(10-13)11-19-20-18(12-22-19)15-6-8-17(21-3)9-7-15/h4-10,12H,11H2,1-3H3. The maximum absolute atomic E-state index is 4.81. The first-order valence-electron chi connectivity index (χ1n) is 7.30. The average molecular weight is 326 g/mol. The fraction of sp³-hybridized carbons (Fsp3) is 0.211. The van der Waals surface area contributed by atoms with E-state index in [4.69, 9.17) is 4.98 Å². The number of aryl methyl sites for hydroxylation is 2. The van der Waals surface area contributed by atoms with Crippen molar-refractivity contribution in [2.75, 3.05) is 6.26 Å². The van der Waals surface area contributed by atoms with Crippen molar-refractivity contribution in [3.05, 3.63) is 69.5 Å². The highest BCUT2D eigenvalue weighted by atomic mass is 32.2. The van der Waals surface area contributed by atoms with Crippen LogP contribution >= 0.6 is 23.1 Å².